The van der Waals surface area contributed by atoms with Crippen molar-refractivity contribution in [3.8, 4) is 0 Å². The van der Waals surface area contributed by atoms with E-state index in [1.165, 1.54) is 0 Å². The Hall–Kier alpha value is -0.930. The Morgan fingerprint density at radius 2 is 2.67 bits per heavy atom. The topological polar surface area (TPSA) is 34.1 Å². The van der Waals surface area contributed by atoms with Crippen molar-refractivity contribution in [3.63, 3.8) is 0 Å². The highest BCUT2D eigenvalue weighted by Gasteiger charge is 2.15. The van der Waals surface area contributed by atoms with Gasteiger partial charge in [0, 0.05) is 19.3 Å². The third kappa shape index (κ3) is 1.62. The van der Waals surface area contributed by atoms with Gasteiger partial charge in [-0.25, -0.2) is 0 Å². The molecular weight excluding hydrogens is 152 g/mol. The first-order valence-electron chi connectivity index (χ1n) is 4.62. The second-order valence-corrected chi connectivity index (χ2v) is 2.76. The molecule has 0 radical (unpaired) electrons. The lowest BCUT2D eigenvalue weighted by atomic mass is 10.2. The van der Waals surface area contributed by atoms with Crippen molar-refractivity contribution in [2.45, 2.75) is 6.10 Å². The van der Waals surface area contributed by atoms with Crippen LogP contribution in [0.2, 0.25) is 0 Å². The van der Waals surface area contributed by atoms with Gasteiger partial charge in [0.15, 0.2) is 0 Å². The third-order valence-corrected chi connectivity index (χ3v) is 1.89. The highest BCUT2D eigenvalue weighted by molar-refractivity contribution is 5.07. The van der Waals surface area contributed by atoms with Crippen LogP contribution in [0.3, 0.4) is 0 Å². The zero-order chi connectivity index (χ0) is 9.10. The van der Waals surface area contributed by atoms with Crippen LogP contribution in [0.1, 0.15) is 13.2 Å². The summed E-state index contributed by atoms with van der Waals surface area (Å²) in [5.41, 5.74) is 0.847. The van der Waals surface area contributed by atoms with E-state index in [9.17, 15) is 0 Å². The predicted molar refractivity (Wildman–Crippen MR) is 45.8 cm³/mol. The molecule has 0 amide bonds. The molecule has 12 heavy (non-hydrogen) atoms. The highest BCUT2D eigenvalue weighted by Crippen LogP contribution is 2.14. The first-order chi connectivity index (χ1) is 6.36. The van der Waals surface area contributed by atoms with Gasteiger partial charge in [0.05, 0.1) is 13.7 Å². The summed E-state index contributed by atoms with van der Waals surface area (Å²) < 4.78 is 12.9. The second-order valence-electron chi connectivity index (χ2n) is 2.76. The van der Waals surface area contributed by atoms with Crippen LogP contribution in [0.15, 0.2) is 24.4 Å². The molecule has 1 atom stereocenters. The zero-order valence-electron chi connectivity index (χ0n) is 7.79. The van der Waals surface area contributed by atoms with Crippen molar-refractivity contribution in [1.29, 1.82) is 0 Å². The Morgan fingerprint density at radius 1 is 1.67 bits per heavy atom. The van der Waals surface area contributed by atoms with Gasteiger partial charge in [-0.05, 0) is 12.1 Å². The van der Waals surface area contributed by atoms with Crippen molar-refractivity contribution < 1.29 is 6.11 Å². The van der Waals surface area contributed by atoms with Crippen LogP contribution in [0.5, 0.6) is 0 Å². The largest absolute Gasteiger partial charge is 0.369 e. The SMILES string of the molecule is [2H]c1cccc([C@H]2CNCCO2)n1. The van der Waals surface area contributed by atoms with Gasteiger partial charge < -0.3 is 10.1 Å². The number of morpholine rings is 1. The number of nitrogens with one attached hydrogen (secondary N) is 1. The number of pyridine rings is 1. The minimum absolute atomic E-state index is 0.0130. The minimum atomic E-state index is 0.0130. The van der Waals surface area contributed by atoms with Gasteiger partial charge in [-0.3, -0.25) is 4.98 Å². The molecule has 0 spiro atoms. The average molecular weight is 165 g/mol. The van der Waals surface area contributed by atoms with Gasteiger partial charge in [-0.1, -0.05) is 6.07 Å². The van der Waals surface area contributed by atoms with Crippen molar-refractivity contribution >= 4 is 0 Å². The van der Waals surface area contributed by atoms with Gasteiger partial charge in [-0.15, -0.1) is 0 Å². The summed E-state index contributed by atoms with van der Waals surface area (Å²) in [6.45, 7) is 2.40. The Kier molecular flexibility index (Phi) is 2.00. The van der Waals surface area contributed by atoms with Gasteiger partial charge in [0.2, 0.25) is 0 Å². The Bertz CT molecular complexity index is 287. The maximum absolute atomic E-state index is 7.37. The molecule has 1 aliphatic heterocycles. The lowest BCUT2D eigenvalue weighted by molar-refractivity contribution is 0.0250. The smallest absolute Gasteiger partial charge is 0.112 e. The number of hydrogen-bond acceptors (Lipinski definition) is 3. The van der Waals surface area contributed by atoms with Crippen LogP contribution in [0.4, 0.5) is 0 Å². The van der Waals surface area contributed by atoms with E-state index >= 15 is 0 Å². The lowest BCUT2D eigenvalue weighted by Gasteiger charge is -2.22. The summed E-state index contributed by atoms with van der Waals surface area (Å²) in [5.74, 6) is 0. The molecule has 1 N–H and O–H groups in total. The fraction of sp³-hybridized carbons (Fsp3) is 0.444. The van der Waals surface area contributed by atoms with Crippen LogP contribution in [-0.4, -0.2) is 24.7 Å². The highest BCUT2D eigenvalue weighted by atomic mass is 16.5. The first-order valence-corrected chi connectivity index (χ1v) is 4.12. The molecule has 0 unspecified atom stereocenters. The second kappa shape index (κ2) is 3.65. The molecule has 0 aliphatic carbocycles. The molecule has 2 heterocycles. The number of hydrogen-bond donors (Lipinski definition) is 1. The van der Waals surface area contributed by atoms with E-state index in [0.717, 1.165) is 18.8 Å². The first kappa shape index (κ1) is 6.57. The Morgan fingerprint density at radius 3 is 3.42 bits per heavy atom. The monoisotopic (exact) mass is 165 g/mol. The molecule has 2 rings (SSSR count). The standard InChI is InChI=1S/C9H12N2O/c1-2-4-11-8(3-1)9-7-10-5-6-12-9/h1-4,9-10H,5-7H2/t9-/m1/s1/i4D. The van der Waals surface area contributed by atoms with Gasteiger partial charge in [0.25, 0.3) is 0 Å². The molecular formula is C9H12N2O. The van der Waals surface area contributed by atoms with Crippen LogP contribution >= 0.6 is 0 Å². The summed E-state index contributed by atoms with van der Waals surface area (Å²) >= 11 is 0. The van der Waals surface area contributed by atoms with E-state index in [0.29, 0.717) is 12.8 Å². The molecule has 1 fully saturated rings. The third-order valence-electron chi connectivity index (χ3n) is 1.89. The van der Waals surface area contributed by atoms with E-state index in [-0.39, 0.29) is 6.10 Å². The fourth-order valence-corrected chi connectivity index (χ4v) is 1.27. The maximum Gasteiger partial charge on any atom is 0.112 e. The summed E-state index contributed by atoms with van der Waals surface area (Å²) in [4.78, 5) is 4.10. The number of ether oxygens (including phenoxy) is 1. The van der Waals surface area contributed by atoms with Gasteiger partial charge in [0.1, 0.15) is 6.10 Å². The molecule has 1 aromatic rings. The molecule has 1 saturated heterocycles. The summed E-state index contributed by atoms with van der Waals surface area (Å²) in [5, 5.41) is 3.23. The van der Waals surface area contributed by atoms with Crippen LogP contribution in [-0.2, 0) is 4.74 Å². The number of aromatic nitrogens is 1. The molecule has 1 aliphatic rings. The average Bonchev–Trinajstić information content (AvgIpc) is 2.19. The van der Waals surface area contributed by atoms with Crippen molar-refractivity contribution in [3.05, 3.63) is 30.1 Å². The predicted octanol–water partition coefficient (Wildman–Crippen LogP) is 0.743. The fourth-order valence-electron chi connectivity index (χ4n) is 1.27. The number of nitrogens with zero attached hydrogens (tertiary/aromatic N) is 1. The van der Waals surface area contributed by atoms with E-state index in [2.05, 4.69) is 10.3 Å². The molecule has 64 valence electrons. The molecule has 0 aromatic carbocycles. The van der Waals surface area contributed by atoms with E-state index in [1.54, 1.807) is 6.07 Å². The normalized spacial score (nSPS) is 25.0. The van der Waals surface area contributed by atoms with Gasteiger partial charge in [-0.2, -0.15) is 0 Å². The van der Waals surface area contributed by atoms with Crippen LogP contribution in [0, 0.1) is 0 Å². The molecule has 0 bridgehead atoms. The number of rotatable bonds is 1. The van der Waals surface area contributed by atoms with E-state index < -0.39 is 0 Å². The molecule has 0 saturated carbocycles. The Labute approximate surface area is 73.2 Å². The molecule has 3 nitrogen and oxygen atoms in total. The minimum Gasteiger partial charge on any atom is -0.369 e. The summed E-state index contributed by atoms with van der Waals surface area (Å²) in [6.07, 6.45) is 0.311. The Balaban J connectivity index is 2.14. The van der Waals surface area contributed by atoms with Gasteiger partial charge >= 0.3 is 0 Å². The summed E-state index contributed by atoms with van der Waals surface area (Å²) in [7, 11) is 0. The van der Waals surface area contributed by atoms with E-state index in [1.807, 2.05) is 12.1 Å². The lowest BCUT2D eigenvalue weighted by Crippen LogP contribution is -2.33. The molecule has 1 aromatic heterocycles. The van der Waals surface area contributed by atoms with Crippen LogP contribution < -0.4 is 5.32 Å². The maximum atomic E-state index is 7.37. The van der Waals surface area contributed by atoms with Crippen LogP contribution in [0.25, 0.3) is 0 Å². The van der Waals surface area contributed by atoms with E-state index in [4.69, 9.17) is 6.11 Å². The zero-order valence-corrected chi connectivity index (χ0v) is 6.79. The van der Waals surface area contributed by atoms with Crippen molar-refractivity contribution in [1.82, 2.24) is 10.3 Å². The quantitative estimate of drug-likeness (QED) is 0.666. The van der Waals surface area contributed by atoms with Crippen molar-refractivity contribution in [2.75, 3.05) is 19.7 Å². The summed E-state index contributed by atoms with van der Waals surface area (Å²) in [6, 6.07) is 5.40. The molecule has 3 heteroatoms. The van der Waals surface area contributed by atoms with Crippen molar-refractivity contribution in [2.24, 2.45) is 0 Å².